The first kappa shape index (κ1) is 14.3. The maximum Gasteiger partial charge on any atom is 0.164 e. The summed E-state index contributed by atoms with van der Waals surface area (Å²) in [7, 11) is 0. The molecule has 3 rings (SSSR count). The summed E-state index contributed by atoms with van der Waals surface area (Å²) < 4.78 is 1.88. The number of hydrogen-bond donors (Lipinski definition) is 0. The molecule has 0 saturated heterocycles. The Balaban J connectivity index is 2.44. The quantitative estimate of drug-likeness (QED) is 0.684. The second-order valence-electron chi connectivity index (χ2n) is 5.87. The van der Waals surface area contributed by atoms with E-state index in [2.05, 4.69) is 49.1 Å². The molecular weight excluding hydrogens is 272 g/mol. The molecule has 0 aliphatic heterocycles. The summed E-state index contributed by atoms with van der Waals surface area (Å²) in [5.41, 5.74) is 7.63. The third-order valence-corrected chi connectivity index (χ3v) is 3.91. The maximum atomic E-state index is 9.40. The van der Waals surface area contributed by atoms with Crippen LogP contribution in [0.15, 0.2) is 18.2 Å². The number of benzene rings is 1. The van der Waals surface area contributed by atoms with Crippen LogP contribution in [0, 0.1) is 45.9 Å². The third kappa shape index (κ3) is 2.06. The molecule has 110 valence electrons. The third-order valence-electron chi connectivity index (χ3n) is 3.91. The SMILES string of the molecule is Cc1cc(C)c(-n2nc(C)c3c(C#N)cc(C)nc32)c(C)c1. The van der Waals surface area contributed by atoms with E-state index in [0.29, 0.717) is 5.56 Å². The van der Waals surface area contributed by atoms with Gasteiger partial charge in [0.1, 0.15) is 6.07 Å². The van der Waals surface area contributed by atoms with Crippen LogP contribution in [0.2, 0.25) is 0 Å². The van der Waals surface area contributed by atoms with Gasteiger partial charge >= 0.3 is 0 Å². The van der Waals surface area contributed by atoms with Crippen molar-refractivity contribution in [3.8, 4) is 11.8 Å². The summed E-state index contributed by atoms with van der Waals surface area (Å²) >= 11 is 0. The molecule has 1 aromatic carbocycles. The molecule has 0 spiro atoms. The van der Waals surface area contributed by atoms with E-state index < -0.39 is 0 Å². The molecule has 2 aromatic heterocycles. The second kappa shape index (κ2) is 4.96. The van der Waals surface area contributed by atoms with E-state index >= 15 is 0 Å². The number of aryl methyl sites for hydroxylation is 5. The highest BCUT2D eigenvalue weighted by molar-refractivity contribution is 5.86. The lowest BCUT2D eigenvalue weighted by Gasteiger charge is -2.12. The largest absolute Gasteiger partial charge is 0.233 e. The van der Waals surface area contributed by atoms with E-state index in [-0.39, 0.29) is 0 Å². The number of fused-ring (bicyclic) bond motifs is 1. The van der Waals surface area contributed by atoms with Gasteiger partial charge in [0, 0.05) is 5.69 Å². The molecule has 4 heteroatoms. The molecule has 4 nitrogen and oxygen atoms in total. The lowest BCUT2D eigenvalue weighted by atomic mass is 10.1. The van der Waals surface area contributed by atoms with E-state index in [1.165, 1.54) is 5.56 Å². The average molecular weight is 290 g/mol. The molecule has 0 radical (unpaired) electrons. The van der Waals surface area contributed by atoms with Gasteiger partial charge in [-0.25, -0.2) is 9.67 Å². The van der Waals surface area contributed by atoms with Crippen LogP contribution in [0.3, 0.4) is 0 Å². The fraction of sp³-hybridized carbons (Fsp3) is 0.278. The lowest BCUT2D eigenvalue weighted by molar-refractivity contribution is 0.860. The predicted molar refractivity (Wildman–Crippen MR) is 87.3 cm³/mol. The van der Waals surface area contributed by atoms with Crippen LogP contribution < -0.4 is 0 Å². The second-order valence-corrected chi connectivity index (χ2v) is 5.87. The fourth-order valence-corrected chi connectivity index (χ4v) is 3.16. The lowest BCUT2D eigenvalue weighted by Crippen LogP contribution is -2.04. The number of hydrogen-bond acceptors (Lipinski definition) is 3. The van der Waals surface area contributed by atoms with Gasteiger partial charge in [0.05, 0.1) is 22.3 Å². The minimum Gasteiger partial charge on any atom is -0.233 e. The van der Waals surface area contributed by atoms with Gasteiger partial charge in [0.2, 0.25) is 0 Å². The van der Waals surface area contributed by atoms with Crippen molar-refractivity contribution in [3.63, 3.8) is 0 Å². The monoisotopic (exact) mass is 290 g/mol. The molecule has 0 amide bonds. The molecule has 2 heterocycles. The average Bonchev–Trinajstić information content (AvgIpc) is 2.74. The molecule has 0 unspecified atom stereocenters. The van der Waals surface area contributed by atoms with Gasteiger partial charge in [-0.3, -0.25) is 0 Å². The molecule has 0 fully saturated rings. The minimum atomic E-state index is 0.633. The first-order valence-corrected chi connectivity index (χ1v) is 7.27. The van der Waals surface area contributed by atoms with Crippen LogP contribution in [-0.4, -0.2) is 14.8 Å². The molecule has 3 aromatic rings. The standard InChI is InChI=1S/C18H18N4/c1-10-6-11(2)17(12(3)7-10)22-18-16(14(5)21-22)15(9-19)8-13(4)20-18/h6-8H,1-5H3. The van der Waals surface area contributed by atoms with Gasteiger partial charge in [0.15, 0.2) is 5.65 Å². The summed E-state index contributed by atoms with van der Waals surface area (Å²) in [5, 5.41) is 14.9. The van der Waals surface area contributed by atoms with Crippen LogP contribution in [0.1, 0.15) is 33.6 Å². The number of rotatable bonds is 1. The Morgan fingerprint density at radius 2 is 1.64 bits per heavy atom. The van der Waals surface area contributed by atoms with E-state index in [0.717, 1.165) is 39.2 Å². The first-order valence-electron chi connectivity index (χ1n) is 7.27. The number of aromatic nitrogens is 3. The summed E-state index contributed by atoms with van der Waals surface area (Å²) in [6.07, 6.45) is 0. The molecule has 0 N–H and O–H groups in total. The van der Waals surface area contributed by atoms with Crippen molar-refractivity contribution in [2.45, 2.75) is 34.6 Å². The predicted octanol–water partition coefficient (Wildman–Crippen LogP) is 3.83. The highest BCUT2D eigenvalue weighted by Crippen LogP contribution is 2.28. The van der Waals surface area contributed by atoms with Gasteiger partial charge in [-0.2, -0.15) is 10.4 Å². The number of nitriles is 1. The zero-order valence-electron chi connectivity index (χ0n) is 13.5. The molecular formula is C18H18N4. The van der Waals surface area contributed by atoms with Crippen molar-refractivity contribution >= 4 is 11.0 Å². The van der Waals surface area contributed by atoms with Crippen molar-refractivity contribution < 1.29 is 0 Å². The van der Waals surface area contributed by atoms with Crippen molar-refractivity contribution in [2.24, 2.45) is 0 Å². The summed E-state index contributed by atoms with van der Waals surface area (Å²) in [4.78, 5) is 4.64. The Morgan fingerprint density at radius 3 is 2.23 bits per heavy atom. The van der Waals surface area contributed by atoms with Crippen molar-refractivity contribution in [1.29, 1.82) is 5.26 Å². The normalized spacial score (nSPS) is 10.9. The molecule has 0 aliphatic carbocycles. The Morgan fingerprint density at radius 1 is 1.00 bits per heavy atom. The van der Waals surface area contributed by atoms with Gasteiger partial charge in [-0.15, -0.1) is 0 Å². The van der Waals surface area contributed by atoms with Crippen molar-refractivity contribution in [2.75, 3.05) is 0 Å². The topological polar surface area (TPSA) is 54.5 Å². The van der Waals surface area contributed by atoms with E-state index in [4.69, 9.17) is 0 Å². The first-order chi connectivity index (χ1) is 10.4. The molecule has 22 heavy (non-hydrogen) atoms. The summed E-state index contributed by atoms with van der Waals surface area (Å²) in [6, 6.07) is 8.37. The number of pyridine rings is 1. The number of nitrogens with zero attached hydrogens (tertiary/aromatic N) is 4. The fourth-order valence-electron chi connectivity index (χ4n) is 3.16. The summed E-state index contributed by atoms with van der Waals surface area (Å²) in [6.45, 7) is 10.1. The highest BCUT2D eigenvalue weighted by Gasteiger charge is 2.17. The van der Waals surface area contributed by atoms with E-state index in [9.17, 15) is 5.26 Å². The van der Waals surface area contributed by atoms with Gasteiger partial charge in [0.25, 0.3) is 0 Å². The Labute approximate surface area is 130 Å². The van der Waals surface area contributed by atoms with Gasteiger partial charge in [-0.1, -0.05) is 17.7 Å². The Hall–Kier alpha value is -2.67. The molecule has 0 atom stereocenters. The molecule has 0 bridgehead atoms. The van der Waals surface area contributed by atoms with Crippen molar-refractivity contribution in [3.05, 3.63) is 51.8 Å². The molecule has 0 aliphatic rings. The zero-order valence-corrected chi connectivity index (χ0v) is 13.5. The van der Waals surface area contributed by atoms with Crippen molar-refractivity contribution in [1.82, 2.24) is 14.8 Å². The van der Waals surface area contributed by atoms with Gasteiger partial charge < -0.3 is 0 Å². The van der Waals surface area contributed by atoms with E-state index in [1.54, 1.807) is 0 Å². The Bertz CT molecular complexity index is 919. The minimum absolute atomic E-state index is 0.633. The van der Waals surface area contributed by atoms with Crippen LogP contribution in [0.4, 0.5) is 0 Å². The van der Waals surface area contributed by atoms with Crippen LogP contribution in [0.5, 0.6) is 0 Å². The molecule has 0 saturated carbocycles. The zero-order chi connectivity index (χ0) is 16.0. The Kier molecular flexibility index (Phi) is 3.22. The van der Waals surface area contributed by atoms with Crippen LogP contribution >= 0.6 is 0 Å². The van der Waals surface area contributed by atoms with Crippen LogP contribution in [0.25, 0.3) is 16.7 Å². The van der Waals surface area contributed by atoms with Gasteiger partial charge in [-0.05, 0) is 51.8 Å². The van der Waals surface area contributed by atoms with Crippen LogP contribution in [-0.2, 0) is 0 Å². The highest BCUT2D eigenvalue weighted by atomic mass is 15.3. The maximum absolute atomic E-state index is 9.40. The smallest absolute Gasteiger partial charge is 0.164 e. The summed E-state index contributed by atoms with van der Waals surface area (Å²) in [5.74, 6) is 0. The van der Waals surface area contributed by atoms with E-state index in [1.807, 2.05) is 24.6 Å².